The average Bonchev–Trinajstić information content (AvgIpc) is 3.09. The van der Waals surface area contributed by atoms with Crippen LogP contribution in [-0.4, -0.2) is 0 Å². The van der Waals surface area contributed by atoms with Crippen LogP contribution in [0, 0.1) is 0 Å². The fourth-order valence-electron chi connectivity index (χ4n) is 7.22. The summed E-state index contributed by atoms with van der Waals surface area (Å²) in [6.07, 6.45) is 0. The SMILES string of the molecule is c1ccc2c(-c3ccc4cc(-c5c6ccccc6c(-c6cccc7ccccc67)c6ccccc56)ccc4c3)cccc2c1. The van der Waals surface area contributed by atoms with Crippen LogP contribution >= 0.6 is 0 Å². The topological polar surface area (TPSA) is 0 Å². The van der Waals surface area contributed by atoms with Crippen molar-refractivity contribution in [2.24, 2.45) is 0 Å². The molecule has 0 saturated heterocycles. The summed E-state index contributed by atoms with van der Waals surface area (Å²) in [5.74, 6) is 0. The summed E-state index contributed by atoms with van der Waals surface area (Å²) in [6, 6.07) is 62.3. The summed E-state index contributed by atoms with van der Waals surface area (Å²) in [5, 5.41) is 12.7. The third kappa shape index (κ3) is 3.85. The highest BCUT2D eigenvalue weighted by Gasteiger charge is 2.18. The number of hydrogen-bond acceptors (Lipinski definition) is 0. The third-order valence-corrected chi connectivity index (χ3v) is 9.22. The summed E-state index contributed by atoms with van der Waals surface area (Å²) in [4.78, 5) is 0. The third-order valence-electron chi connectivity index (χ3n) is 9.22. The van der Waals surface area contributed by atoms with Crippen LogP contribution in [0.3, 0.4) is 0 Å². The number of hydrogen-bond donors (Lipinski definition) is 0. The molecule has 0 amide bonds. The maximum absolute atomic E-state index is 2.37. The molecule has 0 aromatic heterocycles. The Hall–Kier alpha value is -5.72. The molecular formula is C44H28. The molecule has 0 nitrogen and oxygen atoms in total. The second kappa shape index (κ2) is 9.93. The van der Waals surface area contributed by atoms with E-state index in [4.69, 9.17) is 0 Å². The van der Waals surface area contributed by atoms with Gasteiger partial charge in [0.2, 0.25) is 0 Å². The Labute approximate surface area is 256 Å². The van der Waals surface area contributed by atoms with Crippen LogP contribution in [-0.2, 0) is 0 Å². The average molecular weight is 557 g/mol. The van der Waals surface area contributed by atoms with E-state index in [0.29, 0.717) is 0 Å². The molecular weight excluding hydrogens is 528 g/mol. The van der Waals surface area contributed by atoms with Gasteiger partial charge in [-0.25, -0.2) is 0 Å². The predicted octanol–water partition coefficient (Wildman–Crippen LogP) is 12.5. The quantitative estimate of drug-likeness (QED) is 0.190. The van der Waals surface area contributed by atoms with Crippen LogP contribution in [0.15, 0.2) is 170 Å². The van der Waals surface area contributed by atoms with Crippen molar-refractivity contribution in [3.05, 3.63) is 170 Å². The van der Waals surface area contributed by atoms with Crippen molar-refractivity contribution in [2.45, 2.75) is 0 Å². The van der Waals surface area contributed by atoms with E-state index in [2.05, 4.69) is 170 Å². The van der Waals surface area contributed by atoms with Gasteiger partial charge in [0.15, 0.2) is 0 Å². The highest BCUT2D eigenvalue weighted by Crippen LogP contribution is 2.45. The van der Waals surface area contributed by atoms with E-state index in [-0.39, 0.29) is 0 Å². The molecule has 0 spiro atoms. The van der Waals surface area contributed by atoms with Crippen LogP contribution in [0.5, 0.6) is 0 Å². The van der Waals surface area contributed by atoms with Crippen LogP contribution in [0.25, 0.3) is 87.2 Å². The molecule has 0 unspecified atom stereocenters. The van der Waals surface area contributed by atoms with Crippen molar-refractivity contribution >= 4 is 53.9 Å². The Kier molecular flexibility index (Phi) is 5.61. The Balaban J connectivity index is 1.27. The van der Waals surface area contributed by atoms with Crippen molar-refractivity contribution < 1.29 is 0 Å². The van der Waals surface area contributed by atoms with Gasteiger partial charge in [0.1, 0.15) is 0 Å². The summed E-state index contributed by atoms with van der Waals surface area (Å²) in [6.45, 7) is 0. The lowest BCUT2D eigenvalue weighted by Gasteiger charge is -2.19. The lowest BCUT2D eigenvalue weighted by molar-refractivity contribution is 1.67. The van der Waals surface area contributed by atoms with Gasteiger partial charge in [-0.15, -0.1) is 0 Å². The lowest BCUT2D eigenvalue weighted by atomic mass is 9.84. The minimum absolute atomic E-state index is 1.24. The van der Waals surface area contributed by atoms with Crippen LogP contribution in [0.1, 0.15) is 0 Å². The summed E-state index contributed by atoms with van der Waals surface area (Å²) < 4.78 is 0. The van der Waals surface area contributed by atoms with Gasteiger partial charge in [-0.05, 0) is 99.4 Å². The van der Waals surface area contributed by atoms with E-state index < -0.39 is 0 Å². The second-order valence-electron chi connectivity index (χ2n) is 11.7. The summed E-state index contributed by atoms with van der Waals surface area (Å²) in [5.41, 5.74) is 7.64. The normalized spacial score (nSPS) is 11.6. The Morgan fingerprint density at radius 1 is 0.227 bits per heavy atom. The van der Waals surface area contributed by atoms with E-state index in [1.54, 1.807) is 0 Å². The molecule has 0 heterocycles. The van der Waals surface area contributed by atoms with Crippen molar-refractivity contribution in [1.82, 2.24) is 0 Å². The maximum atomic E-state index is 2.37. The minimum atomic E-state index is 1.24. The zero-order chi connectivity index (χ0) is 29.0. The molecule has 0 heteroatoms. The minimum Gasteiger partial charge on any atom is -0.0616 e. The fraction of sp³-hybridized carbons (Fsp3) is 0. The first-order valence-corrected chi connectivity index (χ1v) is 15.3. The Morgan fingerprint density at radius 2 is 0.636 bits per heavy atom. The van der Waals surface area contributed by atoms with Gasteiger partial charge in [-0.1, -0.05) is 158 Å². The van der Waals surface area contributed by atoms with Gasteiger partial charge in [0, 0.05) is 0 Å². The number of benzene rings is 9. The Morgan fingerprint density at radius 3 is 1.23 bits per heavy atom. The molecule has 9 aromatic rings. The first-order valence-electron chi connectivity index (χ1n) is 15.3. The highest BCUT2D eigenvalue weighted by atomic mass is 14.2. The molecule has 0 N–H and O–H groups in total. The van der Waals surface area contributed by atoms with Crippen molar-refractivity contribution in [1.29, 1.82) is 0 Å². The maximum Gasteiger partial charge on any atom is -0.00201 e. The van der Waals surface area contributed by atoms with Crippen LogP contribution in [0.2, 0.25) is 0 Å². The largest absolute Gasteiger partial charge is 0.0616 e. The van der Waals surface area contributed by atoms with Crippen LogP contribution < -0.4 is 0 Å². The molecule has 0 fully saturated rings. The monoisotopic (exact) mass is 556 g/mol. The van der Waals surface area contributed by atoms with Gasteiger partial charge in [-0.3, -0.25) is 0 Å². The van der Waals surface area contributed by atoms with Crippen molar-refractivity contribution in [2.75, 3.05) is 0 Å². The first-order chi connectivity index (χ1) is 21.8. The first kappa shape index (κ1) is 24.8. The van der Waals surface area contributed by atoms with Crippen molar-refractivity contribution in [3.8, 4) is 33.4 Å². The van der Waals surface area contributed by atoms with Crippen LogP contribution in [0.4, 0.5) is 0 Å². The van der Waals surface area contributed by atoms with E-state index in [1.807, 2.05) is 0 Å². The molecule has 0 aliphatic heterocycles. The zero-order valence-electron chi connectivity index (χ0n) is 24.2. The van der Waals surface area contributed by atoms with Crippen molar-refractivity contribution in [3.63, 3.8) is 0 Å². The van der Waals surface area contributed by atoms with E-state index in [1.165, 1.54) is 87.2 Å². The molecule has 0 atom stereocenters. The zero-order valence-corrected chi connectivity index (χ0v) is 24.2. The molecule has 0 saturated carbocycles. The molecule has 0 bridgehead atoms. The molecule has 204 valence electrons. The fourth-order valence-corrected chi connectivity index (χ4v) is 7.22. The summed E-state index contributed by atoms with van der Waals surface area (Å²) >= 11 is 0. The lowest BCUT2D eigenvalue weighted by Crippen LogP contribution is -1.91. The molecule has 0 radical (unpaired) electrons. The molecule has 9 rings (SSSR count). The number of fused-ring (bicyclic) bond motifs is 5. The van der Waals surface area contributed by atoms with E-state index in [9.17, 15) is 0 Å². The number of rotatable bonds is 3. The molecule has 9 aromatic carbocycles. The van der Waals surface area contributed by atoms with E-state index in [0.717, 1.165) is 0 Å². The second-order valence-corrected chi connectivity index (χ2v) is 11.7. The highest BCUT2D eigenvalue weighted by molar-refractivity contribution is 6.23. The standard InChI is InChI=1S/C44H28/c1-3-15-35-29(11-1)13-9-21-37(35)33-25-23-32-28-34(26-24-31(32)27-33)43-39-17-5-7-19-41(39)44(42-20-8-6-18-40(42)43)38-22-10-14-30-12-2-4-16-36(30)38/h1-28H. The predicted molar refractivity (Wildman–Crippen MR) is 190 cm³/mol. The molecule has 44 heavy (non-hydrogen) atoms. The van der Waals surface area contributed by atoms with Gasteiger partial charge in [-0.2, -0.15) is 0 Å². The van der Waals surface area contributed by atoms with Gasteiger partial charge in [0.05, 0.1) is 0 Å². The Bertz CT molecular complexity index is 2480. The summed E-state index contributed by atoms with van der Waals surface area (Å²) in [7, 11) is 0. The van der Waals surface area contributed by atoms with Gasteiger partial charge >= 0.3 is 0 Å². The molecule has 0 aliphatic carbocycles. The van der Waals surface area contributed by atoms with Gasteiger partial charge < -0.3 is 0 Å². The molecule has 0 aliphatic rings. The van der Waals surface area contributed by atoms with E-state index >= 15 is 0 Å². The van der Waals surface area contributed by atoms with Gasteiger partial charge in [0.25, 0.3) is 0 Å². The smallest absolute Gasteiger partial charge is 0.00201 e.